The first-order valence-electron chi connectivity index (χ1n) is 7.05. The Morgan fingerprint density at radius 1 is 1.05 bits per heavy atom. The summed E-state index contributed by atoms with van der Waals surface area (Å²) < 4.78 is 16.7. The van der Waals surface area contributed by atoms with E-state index in [4.69, 9.17) is 13.6 Å². The lowest BCUT2D eigenvalue weighted by Gasteiger charge is -2.16. The fourth-order valence-corrected chi connectivity index (χ4v) is 2.51. The number of fused-ring (bicyclic) bond motifs is 1. The van der Waals surface area contributed by atoms with Crippen LogP contribution in [0, 0.1) is 0 Å². The zero-order valence-corrected chi connectivity index (χ0v) is 12.4. The van der Waals surface area contributed by atoms with Gasteiger partial charge in [-0.25, -0.2) is 0 Å². The van der Waals surface area contributed by atoms with E-state index >= 15 is 0 Å². The Hall–Kier alpha value is -2.20. The molecule has 0 amide bonds. The summed E-state index contributed by atoms with van der Waals surface area (Å²) in [6, 6.07) is 12.0. The van der Waals surface area contributed by atoms with E-state index in [0.29, 0.717) is 0 Å². The molecule has 0 fully saturated rings. The van der Waals surface area contributed by atoms with E-state index in [1.54, 1.807) is 13.4 Å². The number of hydrogen-bond donors (Lipinski definition) is 1. The molecular formula is C17H19NO3. The smallest absolute Gasteiger partial charge is 0.176 e. The van der Waals surface area contributed by atoms with Crippen molar-refractivity contribution in [3.63, 3.8) is 0 Å². The normalized spacial score (nSPS) is 14.2. The lowest BCUT2D eigenvalue weighted by molar-refractivity contribution is 0.367. The molecule has 1 aromatic carbocycles. The topological polar surface area (TPSA) is 47.5 Å². The zero-order valence-electron chi connectivity index (χ0n) is 12.4. The summed E-state index contributed by atoms with van der Waals surface area (Å²) in [5.41, 5.74) is 0.786. The second-order valence-corrected chi connectivity index (χ2v) is 5.15. The van der Waals surface area contributed by atoms with E-state index < -0.39 is 0 Å². The Morgan fingerprint density at radius 2 is 1.86 bits per heavy atom. The monoisotopic (exact) mass is 285 g/mol. The van der Waals surface area contributed by atoms with Crippen molar-refractivity contribution in [3.8, 4) is 5.75 Å². The molecule has 4 heteroatoms. The van der Waals surface area contributed by atoms with Gasteiger partial charge in [-0.05, 0) is 38.1 Å². The van der Waals surface area contributed by atoms with Crippen LogP contribution < -0.4 is 10.1 Å². The van der Waals surface area contributed by atoms with Crippen molar-refractivity contribution in [1.29, 1.82) is 0 Å². The van der Waals surface area contributed by atoms with Crippen LogP contribution in [-0.4, -0.2) is 7.11 Å². The zero-order chi connectivity index (χ0) is 14.8. The molecule has 1 unspecified atom stereocenters. The van der Waals surface area contributed by atoms with Crippen molar-refractivity contribution in [2.24, 2.45) is 0 Å². The molecule has 0 saturated heterocycles. The van der Waals surface area contributed by atoms with E-state index in [1.165, 1.54) is 0 Å². The molecule has 110 valence electrons. The summed E-state index contributed by atoms with van der Waals surface area (Å²) in [7, 11) is 1.65. The molecule has 1 N–H and O–H groups in total. The Balaban J connectivity index is 1.83. The standard InChI is InChI=1S/C17H19NO3/c1-11(14-8-5-9-20-14)18-12(2)16-10-13-6-4-7-15(19-3)17(13)21-16/h4-12,18H,1-3H3/t11-,12?/m0/s1. The van der Waals surface area contributed by atoms with Crippen molar-refractivity contribution in [1.82, 2.24) is 5.32 Å². The van der Waals surface area contributed by atoms with Gasteiger partial charge in [0.05, 0.1) is 25.5 Å². The third-order valence-electron chi connectivity index (χ3n) is 3.64. The van der Waals surface area contributed by atoms with E-state index in [-0.39, 0.29) is 12.1 Å². The van der Waals surface area contributed by atoms with Crippen molar-refractivity contribution in [3.05, 3.63) is 54.2 Å². The maximum absolute atomic E-state index is 5.95. The van der Waals surface area contributed by atoms with Gasteiger partial charge in [-0.2, -0.15) is 0 Å². The van der Waals surface area contributed by atoms with Crippen LogP contribution in [0.1, 0.15) is 37.5 Å². The molecule has 0 spiro atoms. The van der Waals surface area contributed by atoms with Gasteiger partial charge in [0.15, 0.2) is 11.3 Å². The molecule has 2 aromatic heterocycles. The fourth-order valence-electron chi connectivity index (χ4n) is 2.51. The van der Waals surface area contributed by atoms with Crippen molar-refractivity contribution < 1.29 is 13.6 Å². The van der Waals surface area contributed by atoms with Gasteiger partial charge in [0.1, 0.15) is 11.5 Å². The first kappa shape index (κ1) is 13.8. The molecule has 3 rings (SSSR count). The molecule has 4 nitrogen and oxygen atoms in total. The van der Waals surface area contributed by atoms with Crippen LogP contribution in [0.5, 0.6) is 5.75 Å². The van der Waals surface area contributed by atoms with Gasteiger partial charge >= 0.3 is 0 Å². The Labute approximate surface area is 123 Å². The quantitative estimate of drug-likeness (QED) is 0.752. The average Bonchev–Trinajstić information content (AvgIpc) is 3.15. The Kier molecular flexibility index (Phi) is 3.71. The largest absolute Gasteiger partial charge is 0.493 e. The highest BCUT2D eigenvalue weighted by Crippen LogP contribution is 2.31. The molecule has 2 atom stereocenters. The first-order chi connectivity index (χ1) is 10.2. The summed E-state index contributed by atoms with van der Waals surface area (Å²) in [6.07, 6.45) is 1.68. The summed E-state index contributed by atoms with van der Waals surface area (Å²) >= 11 is 0. The maximum Gasteiger partial charge on any atom is 0.176 e. The van der Waals surface area contributed by atoms with Gasteiger partial charge in [-0.15, -0.1) is 0 Å². The summed E-state index contributed by atoms with van der Waals surface area (Å²) in [6.45, 7) is 4.14. The van der Waals surface area contributed by atoms with E-state index in [0.717, 1.165) is 28.2 Å². The second-order valence-electron chi connectivity index (χ2n) is 5.15. The van der Waals surface area contributed by atoms with Gasteiger partial charge < -0.3 is 13.6 Å². The van der Waals surface area contributed by atoms with Gasteiger partial charge in [0, 0.05) is 5.39 Å². The first-order valence-corrected chi connectivity index (χ1v) is 7.05. The third-order valence-corrected chi connectivity index (χ3v) is 3.64. The summed E-state index contributed by atoms with van der Waals surface area (Å²) in [5.74, 6) is 2.55. The predicted octanol–water partition coefficient (Wildman–Crippen LogP) is 4.45. The highest BCUT2D eigenvalue weighted by molar-refractivity contribution is 5.83. The van der Waals surface area contributed by atoms with E-state index in [2.05, 4.69) is 19.2 Å². The fraction of sp³-hybridized carbons (Fsp3) is 0.294. The predicted molar refractivity (Wildman–Crippen MR) is 81.4 cm³/mol. The number of ether oxygens (including phenoxy) is 1. The number of para-hydroxylation sites is 1. The average molecular weight is 285 g/mol. The molecule has 2 heterocycles. The van der Waals surface area contributed by atoms with E-state index in [9.17, 15) is 0 Å². The van der Waals surface area contributed by atoms with Crippen LogP contribution in [-0.2, 0) is 0 Å². The molecule has 21 heavy (non-hydrogen) atoms. The third kappa shape index (κ3) is 2.67. The van der Waals surface area contributed by atoms with Crippen LogP contribution in [0.3, 0.4) is 0 Å². The number of furan rings is 2. The Morgan fingerprint density at radius 3 is 2.57 bits per heavy atom. The van der Waals surface area contributed by atoms with Crippen molar-refractivity contribution >= 4 is 11.0 Å². The molecule has 0 aliphatic rings. The second kappa shape index (κ2) is 5.66. The van der Waals surface area contributed by atoms with Crippen LogP contribution in [0.2, 0.25) is 0 Å². The SMILES string of the molecule is COc1cccc2cc(C(C)N[C@@H](C)c3ccco3)oc12. The molecular weight excluding hydrogens is 266 g/mol. The van der Waals surface area contributed by atoms with Crippen molar-refractivity contribution in [2.75, 3.05) is 7.11 Å². The van der Waals surface area contributed by atoms with Crippen LogP contribution in [0.4, 0.5) is 0 Å². The minimum atomic E-state index is 0.0715. The maximum atomic E-state index is 5.95. The van der Waals surface area contributed by atoms with Crippen LogP contribution in [0.25, 0.3) is 11.0 Å². The highest BCUT2D eigenvalue weighted by Gasteiger charge is 2.17. The molecule has 0 saturated carbocycles. The molecule has 0 aliphatic carbocycles. The highest BCUT2D eigenvalue weighted by atomic mass is 16.5. The molecule has 3 aromatic rings. The number of nitrogens with one attached hydrogen (secondary N) is 1. The lowest BCUT2D eigenvalue weighted by atomic mass is 10.1. The molecule has 0 radical (unpaired) electrons. The van der Waals surface area contributed by atoms with Gasteiger partial charge in [-0.3, -0.25) is 5.32 Å². The van der Waals surface area contributed by atoms with Crippen LogP contribution >= 0.6 is 0 Å². The number of methoxy groups -OCH3 is 1. The van der Waals surface area contributed by atoms with Crippen molar-refractivity contribution in [2.45, 2.75) is 25.9 Å². The lowest BCUT2D eigenvalue weighted by Crippen LogP contribution is -2.21. The minimum Gasteiger partial charge on any atom is -0.493 e. The molecule has 0 aliphatic heterocycles. The number of rotatable bonds is 5. The summed E-state index contributed by atoms with van der Waals surface area (Å²) in [5, 5.41) is 4.51. The van der Waals surface area contributed by atoms with Gasteiger partial charge in [0.2, 0.25) is 0 Å². The van der Waals surface area contributed by atoms with Gasteiger partial charge in [-0.1, -0.05) is 12.1 Å². The number of benzene rings is 1. The number of hydrogen-bond acceptors (Lipinski definition) is 4. The van der Waals surface area contributed by atoms with Crippen LogP contribution in [0.15, 0.2) is 51.5 Å². The molecule has 0 bridgehead atoms. The summed E-state index contributed by atoms with van der Waals surface area (Å²) in [4.78, 5) is 0. The Bertz CT molecular complexity index is 715. The van der Waals surface area contributed by atoms with E-state index in [1.807, 2.05) is 36.4 Å². The minimum absolute atomic E-state index is 0.0715. The van der Waals surface area contributed by atoms with Gasteiger partial charge in [0.25, 0.3) is 0 Å².